The lowest BCUT2D eigenvalue weighted by molar-refractivity contribution is -0.153. The predicted molar refractivity (Wildman–Crippen MR) is 168 cm³/mol. The van der Waals surface area contributed by atoms with E-state index in [1.54, 1.807) is 9.80 Å². The monoisotopic (exact) mass is 592 g/mol. The maximum atomic E-state index is 14.8. The predicted octanol–water partition coefficient (Wildman–Crippen LogP) is 3.62. The molecule has 0 bridgehead atoms. The topological polar surface area (TPSA) is 93.6 Å². The first kappa shape index (κ1) is 31.3. The van der Waals surface area contributed by atoms with Crippen LogP contribution >= 0.6 is 0 Å². The summed E-state index contributed by atoms with van der Waals surface area (Å²) >= 11 is 0. The number of likely N-dealkylation sites (tertiary alicyclic amines) is 1. The molecule has 1 unspecified atom stereocenters. The van der Waals surface area contributed by atoms with Crippen molar-refractivity contribution >= 4 is 29.1 Å². The molecule has 0 saturated carbocycles. The number of fused-ring (bicyclic) bond motifs is 2. The Morgan fingerprint density at radius 2 is 1.60 bits per heavy atom. The van der Waals surface area contributed by atoms with E-state index in [0.29, 0.717) is 26.1 Å². The summed E-state index contributed by atoms with van der Waals surface area (Å²) in [5.74, 6) is -2.45. The average molecular weight is 593 g/mol. The van der Waals surface area contributed by atoms with Gasteiger partial charge in [-0.25, -0.2) is 0 Å². The summed E-state index contributed by atoms with van der Waals surface area (Å²) in [7, 11) is 0. The fourth-order valence-electron chi connectivity index (χ4n) is 7.86. The van der Waals surface area contributed by atoms with E-state index in [1.165, 1.54) is 0 Å². The zero-order valence-electron chi connectivity index (χ0n) is 26.5. The highest BCUT2D eigenvalue weighted by Crippen LogP contribution is 2.59. The van der Waals surface area contributed by atoms with Crippen molar-refractivity contribution in [3.05, 3.63) is 48.6 Å². The second kappa shape index (κ2) is 12.1. The third-order valence-corrected chi connectivity index (χ3v) is 10.1. The van der Waals surface area contributed by atoms with Crippen LogP contribution in [0, 0.1) is 17.8 Å². The summed E-state index contributed by atoms with van der Waals surface area (Å²) in [6.45, 7) is 14.9. The first-order valence-electron chi connectivity index (χ1n) is 16.1. The van der Waals surface area contributed by atoms with Gasteiger partial charge in [0, 0.05) is 44.1 Å². The molecule has 1 aromatic carbocycles. The molecular weight excluding hydrogens is 544 g/mol. The minimum absolute atomic E-state index is 0.108. The lowest BCUT2D eigenvalue weighted by Gasteiger charge is -2.41. The normalized spacial score (nSPS) is 30.8. The Kier molecular flexibility index (Phi) is 8.78. The number of aliphatic hydroxyl groups is 1. The van der Waals surface area contributed by atoms with Crippen molar-refractivity contribution < 1.29 is 24.2 Å². The molecule has 9 heteroatoms. The molecule has 2 saturated heterocycles. The molecule has 2 fully saturated rings. The number of hydrogen-bond acceptors (Lipinski definition) is 6. The van der Waals surface area contributed by atoms with Crippen LogP contribution in [-0.2, 0) is 19.1 Å². The maximum Gasteiger partial charge on any atom is 0.253 e. The van der Waals surface area contributed by atoms with Gasteiger partial charge in [-0.3, -0.25) is 14.4 Å². The van der Waals surface area contributed by atoms with Gasteiger partial charge in [0.2, 0.25) is 11.8 Å². The van der Waals surface area contributed by atoms with E-state index in [0.717, 1.165) is 30.9 Å². The first-order chi connectivity index (χ1) is 20.6. The summed E-state index contributed by atoms with van der Waals surface area (Å²) < 4.78 is 7.06. The molecule has 6 atom stereocenters. The fourth-order valence-corrected chi connectivity index (χ4v) is 7.86. The highest BCUT2D eigenvalue weighted by Gasteiger charge is 2.76. The van der Waals surface area contributed by atoms with Crippen LogP contribution in [0.1, 0.15) is 54.4 Å². The molecule has 4 heterocycles. The number of anilines is 2. The average Bonchev–Trinajstić information content (AvgIpc) is 3.29. The highest BCUT2D eigenvalue weighted by atomic mass is 16.5. The van der Waals surface area contributed by atoms with Crippen LogP contribution in [0.15, 0.2) is 48.6 Å². The molecule has 4 aliphatic heterocycles. The minimum atomic E-state index is -1.34. The van der Waals surface area contributed by atoms with E-state index < -0.39 is 35.1 Å². The molecule has 234 valence electrons. The summed E-state index contributed by atoms with van der Waals surface area (Å²) in [6.07, 6.45) is 9.02. The van der Waals surface area contributed by atoms with Gasteiger partial charge in [0.05, 0.1) is 30.1 Å². The fraction of sp³-hybridized carbons (Fsp3) is 0.618. The van der Waals surface area contributed by atoms with E-state index >= 15 is 0 Å². The van der Waals surface area contributed by atoms with Gasteiger partial charge in [0.1, 0.15) is 11.6 Å². The number of hydrogen-bond donors (Lipinski definition) is 1. The number of carbonyl (C=O) groups is 3. The van der Waals surface area contributed by atoms with Crippen LogP contribution in [0.5, 0.6) is 0 Å². The maximum absolute atomic E-state index is 14.8. The summed E-state index contributed by atoms with van der Waals surface area (Å²) in [6, 6.07) is 6.31. The standard InChI is InChI=1S/C34H48N4O5/c1-7-19-36-20-11-17-33(8-2)27(30(36)40)28-31(41)38(26(22-39)23(5)6)29-32(42)37(21-12-18-34(28,29)43-33)25-15-13-24(14-16-25)35(9-3)10-4/h11-18,23,26-29,39H,7-10,19-22H2,1-6H3/t26-,27+,28-,29?,33-,34-/m0/s1. The molecule has 5 rings (SSSR count). The lowest BCUT2D eigenvalue weighted by atomic mass is 9.73. The van der Waals surface area contributed by atoms with Gasteiger partial charge in [-0.1, -0.05) is 52.0 Å². The van der Waals surface area contributed by atoms with Gasteiger partial charge in [0.15, 0.2) is 0 Å². The van der Waals surface area contributed by atoms with Crippen LogP contribution in [0.4, 0.5) is 11.4 Å². The molecule has 1 N–H and O–H groups in total. The summed E-state index contributed by atoms with van der Waals surface area (Å²) in [5.41, 5.74) is -0.553. The van der Waals surface area contributed by atoms with Crippen molar-refractivity contribution in [1.82, 2.24) is 9.80 Å². The molecule has 0 aromatic heterocycles. The summed E-state index contributed by atoms with van der Waals surface area (Å²) in [4.78, 5) is 51.1. The van der Waals surface area contributed by atoms with Gasteiger partial charge < -0.3 is 29.4 Å². The highest BCUT2D eigenvalue weighted by molar-refractivity contribution is 6.06. The Labute approximate surface area is 256 Å². The van der Waals surface area contributed by atoms with Crippen molar-refractivity contribution in [2.24, 2.45) is 17.8 Å². The number of aliphatic hydroxyl groups excluding tert-OH is 1. The van der Waals surface area contributed by atoms with Gasteiger partial charge in [-0.15, -0.1) is 0 Å². The third kappa shape index (κ3) is 4.79. The van der Waals surface area contributed by atoms with E-state index in [1.807, 2.05) is 81.2 Å². The number of rotatable bonds is 10. The zero-order chi connectivity index (χ0) is 31.1. The zero-order valence-corrected chi connectivity index (χ0v) is 26.5. The van der Waals surface area contributed by atoms with Crippen LogP contribution in [0.3, 0.4) is 0 Å². The Hall–Kier alpha value is -3.17. The number of amides is 3. The molecule has 3 amide bonds. The molecule has 1 spiro atoms. The van der Waals surface area contributed by atoms with Crippen molar-refractivity contribution in [1.29, 1.82) is 0 Å². The van der Waals surface area contributed by atoms with Crippen molar-refractivity contribution in [2.75, 3.05) is 49.1 Å². The second-order valence-electron chi connectivity index (χ2n) is 12.6. The molecule has 43 heavy (non-hydrogen) atoms. The van der Waals surface area contributed by atoms with Crippen molar-refractivity contribution in [3.8, 4) is 0 Å². The third-order valence-electron chi connectivity index (χ3n) is 10.1. The van der Waals surface area contributed by atoms with E-state index in [9.17, 15) is 19.5 Å². The Morgan fingerprint density at radius 3 is 2.19 bits per heavy atom. The second-order valence-corrected chi connectivity index (χ2v) is 12.6. The van der Waals surface area contributed by atoms with Gasteiger partial charge in [0.25, 0.3) is 5.91 Å². The van der Waals surface area contributed by atoms with Crippen LogP contribution in [0.2, 0.25) is 0 Å². The molecule has 0 aliphatic carbocycles. The SMILES string of the molecule is CCCN1CC=C[C@]2(CC)O[C@]34C=CCN(c5ccc(N(CC)CC)cc5)C(=O)C3N([C@@H](CO)C(C)C)C(=O)[C@@H]4[C@@H]2C1=O. The van der Waals surface area contributed by atoms with Crippen molar-refractivity contribution in [2.45, 2.75) is 77.7 Å². The molecule has 9 nitrogen and oxygen atoms in total. The van der Waals surface area contributed by atoms with E-state index in [2.05, 4.69) is 18.7 Å². The number of benzene rings is 1. The van der Waals surface area contributed by atoms with E-state index in [4.69, 9.17) is 4.74 Å². The number of ether oxygens (including phenoxy) is 1. The van der Waals surface area contributed by atoms with Crippen molar-refractivity contribution in [3.63, 3.8) is 0 Å². The molecule has 1 aromatic rings. The lowest BCUT2D eigenvalue weighted by Crippen LogP contribution is -2.60. The molecular formula is C34H48N4O5. The minimum Gasteiger partial charge on any atom is -0.394 e. The van der Waals surface area contributed by atoms with E-state index in [-0.39, 0.29) is 30.2 Å². The molecule has 4 aliphatic rings. The van der Waals surface area contributed by atoms with Crippen LogP contribution < -0.4 is 9.80 Å². The smallest absolute Gasteiger partial charge is 0.253 e. The number of nitrogens with zero attached hydrogens (tertiary/aromatic N) is 4. The van der Waals surface area contributed by atoms with Crippen LogP contribution in [-0.4, -0.2) is 95.2 Å². The Balaban J connectivity index is 1.64. The Bertz CT molecular complexity index is 1270. The molecule has 0 radical (unpaired) electrons. The van der Waals surface area contributed by atoms with Gasteiger partial charge >= 0.3 is 0 Å². The first-order valence-corrected chi connectivity index (χ1v) is 16.1. The van der Waals surface area contributed by atoms with Gasteiger partial charge in [-0.05, 0) is 56.9 Å². The number of carbonyl (C=O) groups excluding carboxylic acids is 3. The Morgan fingerprint density at radius 1 is 0.930 bits per heavy atom. The largest absolute Gasteiger partial charge is 0.394 e. The van der Waals surface area contributed by atoms with Crippen LogP contribution in [0.25, 0.3) is 0 Å². The van der Waals surface area contributed by atoms with Gasteiger partial charge in [-0.2, -0.15) is 0 Å². The summed E-state index contributed by atoms with van der Waals surface area (Å²) in [5, 5.41) is 10.6. The quantitative estimate of drug-likeness (QED) is 0.418.